The van der Waals surface area contributed by atoms with Crippen LogP contribution < -0.4 is 9.80 Å². The van der Waals surface area contributed by atoms with Crippen LogP contribution >= 0.6 is 0 Å². The van der Waals surface area contributed by atoms with Crippen molar-refractivity contribution in [3.63, 3.8) is 0 Å². The van der Waals surface area contributed by atoms with Crippen LogP contribution in [0.25, 0.3) is 72.0 Å². The van der Waals surface area contributed by atoms with Crippen molar-refractivity contribution in [2.75, 3.05) is 9.80 Å². The van der Waals surface area contributed by atoms with Crippen molar-refractivity contribution < 1.29 is 0 Å². The van der Waals surface area contributed by atoms with E-state index in [0.717, 1.165) is 28.9 Å². The van der Waals surface area contributed by atoms with Gasteiger partial charge in [0.1, 0.15) is 0 Å². The van der Waals surface area contributed by atoms with Crippen molar-refractivity contribution in [2.24, 2.45) is 11.8 Å². The Morgan fingerprint density at radius 2 is 0.826 bits per heavy atom. The zero-order valence-corrected chi connectivity index (χ0v) is 38.9. The topological polar surface area (TPSA) is 11.4 Å². The third-order valence-electron chi connectivity index (χ3n) is 15.7. The molecular weight excluding hydrogens is 835 g/mol. The molecule has 334 valence electrons. The molecule has 2 aliphatic carbocycles. The Morgan fingerprint density at radius 1 is 0.333 bits per heavy atom. The first-order chi connectivity index (χ1) is 34.2. The molecule has 2 heterocycles. The zero-order valence-electron chi connectivity index (χ0n) is 38.9. The molecule has 0 spiro atoms. The van der Waals surface area contributed by atoms with Crippen LogP contribution in [0.2, 0.25) is 0 Å². The predicted molar refractivity (Wildman–Crippen MR) is 291 cm³/mol. The molecule has 0 bridgehead atoms. The molecule has 69 heavy (non-hydrogen) atoms. The Kier molecular flexibility index (Phi) is 10.6. The van der Waals surface area contributed by atoms with Gasteiger partial charge in [-0.05, 0) is 167 Å². The van der Waals surface area contributed by atoms with E-state index >= 15 is 0 Å². The van der Waals surface area contributed by atoms with E-state index in [0.29, 0.717) is 12.1 Å². The number of rotatable bonds is 9. The maximum absolute atomic E-state index is 2.84. The first-order valence-electron chi connectivity index (χ1n) is 25.1. The van der Waals surface area contributed by atoms with Crippen molar-refractivity contribution in [1.29, 1.82) is 0 Å². The van der Waals surface area contributed by atoms with E-state index in [1.54, 1.807) is 0 Å². The van der Waals surface area contributed by atoms with E-state index < -0.39 is 0 Å². The lowest BCUT2D eigenvalue weighted by atomic mass is 9.75. The quantitative estimate of drug-likeness (QED) is 0.134. The van der Waals surface area contributed by atoms with Crippen molar-refractivity contribution in [3.05, 3.63) is 237 Å². The predicted octanol–water partition coefficient (Wildman–Crippen LogP) is 17.6. The molecule has 10 aromatic rings. The summed E-state index contributed by atoms with van der Waals surface area (Å²) in [6.45, 7) is 0. The fourth-order valence-corrected chi connectivity index (χ4v) is 12.4. The number of fused-ring (bicyclic) bond motifs is 6. The first kappa shape index (κ1) is 41.3. The number of hydrogen-bond acceptors (Lipinski definition) is 2. The number of anilines is 4. The summed E-state index contributed by atoms with van der Waals surface area (Å²) in [7, 11) is 0. The number of allylic oxidation sites excluding steroid dienone is 1. The fraction of sp³-hybridized carbons (Fsp3) is 0.152. The van der Waals surface area contributed by atoms with Crippen molar-refractivity contribution in [1.82, 2.24) is 4.57 Å². The molecule has 0 radical (unpaired) electrons. The molecule has 1 saturated carbocycles. The highest BCUT2D eigenvalue weighted by Crippen LogP contribution is 2.50. The number of aromatic nitrogens is 1. The highest BCUT2D eigenvalue weighted by molar-refractivity contribution is 6.10. The summed E-state index contributed by atoms with van der Waals surface area (Å²) in [6.07, 6.45) is 12.8. The van der Waals surface area contributed by atoms with Gasteiger partial charge in [-0.15, -0.1) is 0 Å². The van der Waals surface area contributed by atoms with Crippen LogP contribution in [0.1, 0.15) is 38.5 Å². The largest absolute Gasteiger partial charge is 0.365 e. The van der Waals surface area contributed by atoms with Crippen LogP contribution in [-0.4, -0.2) is 16.7 Å². The molecule has 1 saturated heterocycles. The maximum atomic E-state index is 2.84. The third-order valence-corrected chi connectivity index (χ3v) is 15.7. The Morgan fingerprint density at radius 3 is 1.49 bits per heavy atom. The minimum Gasteiger partial charge on any atom is -0.365 e. The number of para-hydroxylation sites is 2. The average Bonchev–Trinajstić information content (AvgIpc) is 3.95. The number of hydrogen-bond donors (Lipinski definition) is 0. The second kappa shape index (κ2) is 17.6. The average molecular weight is 890 g/mol. The van der Waals surface area contributed by atoms with Crippen LogP contribution in [0, 0.1) is 11.8 Å². The summed E-state index contributed by atoms with van der Waals surface area (Å²) >= 11 is 0. The minimum absolute atomic E-state index is 0.638. The second-order valence-electron chi connectivity index (χ2n) is 19.5. The van der Waals surface area contributed by atoms with Gasteiger partial charge in [-0.2, -0.15) is 0 Å². The van der Waals surface area contributed by atoms with E-state index in [2.05, 4.69) is 251 Å². The van der Waals surface area contributed by atoms with Gasteiger partial charge in [0, 0.05) is 51.3 Å². The van der Waals surface area contributed by atoms with Crippen molar-refractivity contribution >= 4 is 44.6 Å². The van der Waals surface area contributed by atoms with Gasteiger partial charge in [0.2, 0.25) is 0 Å². The van der Waals surface area contributed by atoms with Gasteiger partial charge in [0.15, 0.2) is 0 Å². The van der Waals surface area contributed by atoms with Gasteiger partial charge in [-0.1, -0.05) is 165 Å². The van der Waals surface area contributed by atoms with E-state index in [9.17, 15) is 0 Å². The van der Waals surface area contributed by atoms with Gasteiger partial charge < -0.3 is 14.4 Å². The van der Waals surface area contributed by atoms with E-state index in [1.807, 2.05) is 0 Å². The van der Waals surface area contributed by atoms with Gasteiger partial charge >= 0.3 is 0 Å². The third kappa shape index (κ3) is 7.54. The Balaban J connectivity index is 0.830. The lowest BCUT2D eigenvalue weighted by Crippen LogP contribution is -2.39. The normalized spacial score (nSPS) is 18.6. The van der Waals surface area contributed by atoms with Gasteiger partial charge in [-0.3, -0.25) is 0 Å². The summed E-state index contributed by atoms with van der Waals surface area (Å²) < 4.78 is 2.38. The molecule has 1 aromatic heterocycles. The minimum atomic E-state index is 0.638. The Bertz CT molecular complexity index is 3440. The molecule has 0 amide bonds. The van der Waals surface area contributed by atoms with Gasteiger partial charge in [0.05, 0.1) is 11.0 Å². The highest BCUT2D eigenvalue weighted by atomic mass is 15.2. The number of benzene rings is 9. The molecule has 9 aromatic carbocycles. The molecule has 4 unspecified atom stereocenters. The summed E-state index contributed by atoms with van der Waals surface area (Å²) in [5.74, 6) is 1.64. The summed E-state index contributed by atoms with van der Waals surface area (Å²) in [4.78, 5) is 5.22. The van der Waals surface area contributed by atoms with Crippen LogP contribution in [0.5, 0.6) is 0 Å². The standard InChI is InChI=1S/C66H55N3/c1-3-14-46(15-4-1)51-16-13-17-52(44-51)49-30-37-56(38-31-49)67(55-35-26-47(27-36-55)48-28-41-58(42-29-48)69-63-23-10-7-20-59(63)60-21-8-11-24-64(60)69)57-39-32-50(33-40-57)53-34-43-66-62(45-53)61-22-9-12-25-65(61)68(66)54-18-5-2-6-19-54/h1-7,9-10,12-19,22,25-45,59-60,63-64H,8,11,20-21,23-24H2. The first-order valence-corrected chi connectivity index (χ1v) is 25.1. The molecule has 3 heteroatoms. The van der Waals surface area contributed by atoms with E-state index in [-0.39, 0.29) is 0 Å². The van der Waals surface area contributed by atoms with Gasteiger partial charge in [0.25, 0.3) is 0 Å². The molecule has 2 fully saturated rings. The van der Waals surface area contributed by atoms with Crippen LogP contribution in [0.4, 0.5) is 22.7 Å². The lowest BCUT2D eigenvalue weighted by molar-refractivity contribution is 0.268. The van der Waals surface area contributed by atoms with Gasteiger partial charge in [-0.25, -0.2) is 0 Å². The molecule has 0 N–H and O–H groups in total. The smallest absolute Gasteiger partial charge is 0.0541 e. The summed E-state index contributed by atoms with van der Waals surface area (Å²) in [5, 5.41) is 2.51. The Hall–Kier alpha value is -7.88. The SMILES string of the molecule is C1=CCC2C(C1)C1CCCCC1N2c1ccc(-c2ccc(N(c3ccc(-c4cccc(-c5ccccc5)c4)cc3)c3ccc(-c4ccc5c(c4)c4ccccc4n5-c4ccccc4)cc3)cc2)cc1. The Labute approximate surface area is 406 Å². The fourth-order valence-electron chi connectivity index (χ4n) is 12.4. The molecule has 3 nitrogen and oxygen atoms in total. The molecular formula is C66H55N3. The molecule has 13 rings (SSSR count). The molecule has 1 aliphatic heterocycles. The lowest BCUT2D eigenvalue weighted by Gasteiger charge is -2.36. The van der Waals surface area contributed by atoms with E-state index in [1.165, 1.54) is 116 Å². The van der Waals surface area contributed by atoms with Crippen LogP contribution in [0.3, 0.4) is 0 Å². The van der Waals surface area contributed by atoms with Crippen molar-refractivity contribution in [3.8, 4) is 50.2 Å². The zero-order chi connectivity index (χ0) is 45.7. The second-order valence-corrected chi connectivity index (χ2v) is 19.5. The highest BCUT2D eigenvalue weighted by Gasteiger charge is 2.48. The maximum Gasteiger partial charge on any atom is 0.0541 e. The van der Waals surface area contributed by atoms with Crippen LogP contribution in [0.15, 0.2) is 237 Å². The summed E-state index contributed by atoms with van der Waals surface area (Å²) in [5.41, 5.74) is 18.1. The van der Waals surface area contributed by atoms with E-state index in [4.69, 9.17) is 0 Å². The molecule has 4 atom stereocenters. The van der Waals surface area contributed by atoms with Crippen LogP contribution in [-0.2, 0) is 0 Å². The number of nitrogens with zero attached hydrogens (tertiary/aromatic N) is 3. The monoisotopic (exact) mass is 889 g/mol. The van der Waals surface area contributed by atoms with Crippen molar-refractivity contribution in [2.45, 2.75) is 50.6 Å². The summed E-state index contributed by atoms with van der Waals surface area (Å²) in [6, 6.07) is 84.0. The molecule has 3 aliphatic rings.